The van der Waals surface area contributed by atoms with E-state index in [0.29, 0.717) is 12.1 Å². The fourth-order valence-electron chi connectivity index (χ4n) is 2.29. The number of carbonyl (C=O) groups is 1. The monoisotopic (exact) mass is 322 g/mol. The van der Waals surface area contributed by atoms with E-state index in [2.05, 4.69) is 10.6 Å². The van der Waals surface area contributed by atoms with E-state index in [9.17, 15) is 4.79 Å². The number of furan rings is 1. The van der Waals surface area contributed by atoms with E-state index < -0.39 is 0 Å². The van der Waals surface area contributed by atoms with Crippen LogP contribution in [0.25, 0.3) is 0 Å². The van der Waals surface area contributed by atoms with Crippen LogP contribution in [0.3, 0.4) is 0 Å². The molecule has 0 aliphatic rings. The summed E-state index contributed by atoms with van der Waals surface area (Å²) in [7, 11) is 1.65. The Balaban J connectivity index is 1.63. The van der Waals surface area contributed by atoms with Crippen LogP contribution >= 0.6 is 0 Å². The van der Waals surface area contributed by atoms with Gasteiger partial charge in [0.25, 0.3) is 5.91 Å². The standard InChI is InChI=1S/C19H18N2O3/c1-23-18-7-2-4-14(10-18)12-20-16-5-3-6-17(11-16)21-19(22)15-8-9-24-13-15/h2-11,13,20H,12H2,1H3,(H,21,22). The third-order valence-corrected chi connectivity index (χ3v) is 3.53. The molecule has 1 heterocycles. The number of anilines is 2. The van der Waals surface area contributed by atoms with Gasteiger partial charge in [-0.1, -0.05) is 18.2 Å². The van der Waals surface area contributed by atoms with Gasteiger partial charge in [0, 0.05) is 17.9 Å². The molecule has 5 heteroatoms. The van der Waals surface area contributed by atoms with E-state index in [4.69, 9.17) is 9.15 Å². The highest BCUT2D eigenvalue weighted by atomic mass is 16.5. The van der Waals surface area contributed by atoms with Gasteiger partial charge in [0.1, 0.15) is 12.0 Å². The molecule has 2 N–H and O–H groups in total. The molecular formula is C19H18N2O3. The molecule has 0 bridgehead atoms. The molecule has 3 rings (SSSR count). The number of benzene rings is 2. The Labute approximate surface area is 140 Å². The molecule has 2 aromatic carbocycles. The van der Waals surface area contributed by atoms with Crippen molar-refractivity contribution in [3.05, 3.63) is 78.3 Å². The zero-order valence-corrected chi connectivity index (χ0v) is 13.3. The maximum atomic E-state index is 12.0. The highest BCUT2D eigenvalue weighted by Crippen LogP contribution is 2.18. The number of methoxy groups -OCH3 is 1. The molecule has 5 nitrogen and oxygen atoms in total. The molecule has 0 unspecified atom stereocenters. The lowest BCUT2D eigenvalue weighted by molar-refractivity contribution is 0.102. The van der Waals surface area contributed by atoms with Crippen molar-refractivity contribution in [2.45, 2.75) is 6.54 Å². The van der Waals surface area contributed by atoms with E-state index in [1.165, 1.54) is 12.5 Å². The second kappa shape index (κ2) is 7.37. The lowest BCUT2D eigenvalue weighted by Crippen LogP contribution is -2.11. The van der Waals surface area contributed by atoms with Crippen LogP contribution in [-0.4, -0.2) is 13.0 Å². The third kappa shape index (κ3) is 3.95. The Morgan fingerprint density at radius 3 is 2.71 bits per heavy atom. The second-order valence-corrected chi connectivity index (χ2v) is 5.25. The Bertz CT molecular complexity index is 813. The number of carbonyl (C=O) groups excluding carboxylic acids is 1. The van der Waals surface area contributed by atoms with Crippen LogP contribution < -0.4 is 15.4 Å². The van der Waals surface area contributed by atoms with Gasteiger partial charge in [-0.2, -0.15) is 0 Å². The van der Waals surface area contributed by atoms with Crippen molar-refractivity contribution < 1.29 is 13.9 Å². The zero-order chi connectivity index (χ0) is 16.8. The summed E-state index contributed by atoms with van der Waals surface area (Å²) in [6, 6.07) is 17.1. The third-order valence-electron chi connectivity index (χ3n) is 3.53. The van der Waals surface area contributed by atoms with Gasteiger partial charge in [0.05, 0.1) is 18.9 Å². The number of rotatable bonds is 6. The summed E-state index contributed by atoms with van der Waals surface area (Å²) in [5, 5.41) is 6.18. The second-order valence-electron chi connectivity index (χ2n) is 5.25. The number of ether oxygens (including phenoxy) is 1. The maximum Gasteiger partial charge on any atom is 0.258 e. The van der Waals surface area contributed by atoms with Crippen molar-refractivity contribution >= 4 is 17.3 Å². The molecular weight excluding hydrogens is 304 g/mol. The Kier molecular flexibility index (Phi) is 4.81. The number of hydrogen-bond donors (Lipinski definition) is 2. The first-order chi connectivity index (χ1) is 11.7. The van der Waals surface area contributed by atoms with Crippen LogP contribution in [0.15, 0.2) is 71.5 Å². The van der Waals surface area contributed by atoms with Crippen LogP contribution in [0.5, 0.6) is 5.75 Å². The largest absolute Gasteiger partial charge is 0.497 e. The van der Waals surface area contributed by atoms with Gasteiger partial charge in [0.15, 0.2) is 0 Å². The summed E-state index contributed by atoms with van der Waals surface area (Å²) < 4.78 is 10.1. The maximum absolute atomic E-state index is 12.0. The van der Waals surface area contributed by atoms with Gasteiger partial charge in [-0.15, -0.1) is 0 Å². The number of hydrogen-bond acceptors (Lipinski definition) is 4. The highest BCUT2D eigenvalue weighted by Gasteiger charge is 2.07. The zero-order valence-electron chi connectivity index (χ0n) is 13.3. The van der Waals surface area contributed by atoms with Gasteiger partial charge in [-0.3, -0.25) is 4.79 Å². The predicted octanol–water partition coefficient (Wildman–Crippen LogP) is 4.15. The molecule has 0 saturated heterocycles. The average molecular weight is 322 g/mol. The predicted molar refractivity (Wildman–Crippen MR) is 93.4 cm³/mol. The number of nitrogens with one attached hydrogen (secondary N) is 2. The van der Waals surface area contributed by atoms with Crippen LogP contribution in [0.4, 0.5) is 11.4 Å². The van der Waals surface area contributed by atoms with E-state index >= 15 is 0 Å². The van der Waals surface area contributed by atoms with E-state index in [0.717, 1.165) is 22.7 Å². The first-order valence-electron chi connectivity index (χ1n) is 7.55. The van der Waals surface area contributed by atoms with Gasteiger partial charge >= 0.3 is 0 Å². The normalized spacial score (nSPS) is 10.2. The molecule has 1 aromatic heterocycles. The Hall–Kier alpha value is -3.21. The van der Waals surface area contributed by atoms with E-state index in [1.807, 2.05) is 48.5 Å². The van der Waals surface area contributed by atoms with Crippen molar-refractivity contribution in [3.63, 3.8) is 0 Å². The Morgan fingerprint density at radius 1 is 1.08 bits per heavy atom. The van der Waals surface area contributed by atoms with E-state index in [-0.39, 0.29) is 5.91 Å². The summed E-state index contributed by atoms with van der Waals surface area (Å²) in [6.45, 7) is 0.663. The van der Waals surface area contributed by atoms with Gasteiger partial charge in [0.2, 0.25) is 0 Å². The summed E-state index contributed by atoms with van der Waals surface area (Å²) in [5.74, 6) is 0.629. The molecule has 122 valence electrons. The van der Waals surface area contributed by atoms with Gasteiger partial charge in [-0.25, -0.2) is 0 Å². The van der Waals surface area contributed by atoms with Crippen molar-refractivity contribution in [2.75, 3.05) is 17.7 Å². The molecule has 0 spiro atoms. The van der Waals surface area contributed by atoms with Crippen molar-refractivity contribution in [2.24, 2.45) is 0 Å². The molecule has 0 saturated carbocycles. The molecule has 24 heavy (non-hydrogen) atoms. The minimum atomic E-state index is -0.200. The minimum absolute atomic E-state index is 0.200. The summed E-state index contributed by atoms with van der Waals surface area (Å²) in [4.78, 5) is 12.0. The van der Waals surface area contributed by atoms with Crippen molar-refractivity contribution in [1.82, 2.24) is 0 Å². The molecule has 0 fully saturated rings. The first-order valence-corrected chi connectivity index (χ1v) is 7.55. The molecule has 0 radical (unpaired) electrons. The topological polar surface area (TPSA) is 63.5 Å². The molecule has 3 aromatic rings. The SMILES string of the molecule is COc1cccc(CNc2cccc(NC(=O)c3ccoc3)c2)c1. The minimum Gasteiger partial charge on any atom is -0.497 e. The van der Waals surface area contributed by atoms with Crippen LogP contribution in [0, 0.1) is 0 Å². The lowest BCUT2D eigenvalue weighted by atomic mass is 10.2. The quantitative estimate of drug-likeness (QED) is 0.715. The summed E-state index contributed by atoms with van der Waals surface area (Å²) in [5.41, 5.74) is 3.24. The smallest absolute Gasteiger partial charge is 0.258 e. The molecule has 0 aliphatic carbocycles. The van der Waals surface area contributed by atoms with Crippen LogP contribution in [0.1, 0.15) is 15.9 Å². The number of amides is 1. The fourth-order valence-corrected chi connectivity index (χ4v) is 2.29. The average Bonchev–Trinajstić information content (AvgIpc) is 3.15. The van der Waals surface area contributed by atoms with Gasteiger partial charge < -0.3 is 19.8 Å². The molecule has 1 amide bonds. The van der Waals surface area contributed by atoms with Crippen LogP contribution in [-0.2, 0) is 6.54 Å². The fraction of sp³-hybridized carbons (Fsp3) is 0.105. The molecule has 0 aliphatic heterocycles. The van der Waals surface area contributed by atoms with E-state index in [1.54, 1.807) is 13.2 Å². The summed E-state index contributed by atoms with van der Waals surface area (Å²) in [6.07, 6.45) is 2.89. The van der Waals surface area contributed by atoms with Crippen LogP contribution in [0.2, 0.25) is 0 Å². The Morgan fingerprint density at radius 2 is 1.92 bits per heavy atom. The lowest BCUT2D eigenvalue weighted by Gasteiger charge is -2.10. The molecule has 0 atom stereocenters. The highest BCUT2D eigenvalue weighted by molar-refractivity contribution is 6.04. The summed E-state index contributed by atoms with van der Waals surface area (Å²) >= 11 is 0. The first kappa shape index (κ1) is 15.7. The van der Waals surface area contributed by atoms with Crippen molar-refractivity contribution in [1.29, 1.82) is 0 Å². The van der Waals surface area contributed by atoms with Gasteiger partial charge in [-0.05, 0) is 42.0 Å². The van der Waals surface area contributed by atoms with Crippen molar-refractivity contribution in [3.8, 4) is 5.75 Å².